The van der Waals surface area contributed by atoms with Crippen LogP contribution in [0.1, 0.15) is 27.9 Å². The average molecular weight is 444 g/mol. The lowest BCUT2D eigenvalue weighted by Crippen LogP contribution is -2.56. The summed E-state index contributed by atoms with van der Waals surface area (Å²) in [4.78, 5) is 18.2. The molecule has 0 radical (unpaired) electrons. The molecule has 1 aromatic carbocycles. The summed E-state index contributed by atoms with van der Waals surface area (Å²) in [5.41, 5.74) is 16.6. The van der Waals surface area contributed by atoms with Crippen LogP contribution in [0.15, 0.2) is 43.2 Å². The molecule has 2 aliphatic heterocycles. The Labute approximate surface area is 193 Å². The van der Waals surface area contributed by atoms with Crippen LogP contribution in [0.4, 0.5) is 23.1 Å². The molecule has 4 heterocycles. The molecule has 0 amide bonds. The maximum absolute atomic E-state index is 5.82. The minimum Gasteiger partial charge on any atom is -0.382 e. The molecule has 1 saturated heterocycles. The maximum Gasteiger partial charge on any atom is 0.227 e. The van der Waals surface area contributed by atoms with Crippen molar-refractivity contribution < 1.29 is 0 Å². The Morgan fingerprint density at radius 1 is 1.06 bits per heavy atom. The highest BCUT2D eigenvalue weighted by molar-refractivity contribution is 5.70. The maximum atomic E-state index is 5.82. The number of benzene rings is 1. The number of hydrazine groups is 1. The lowest BCUT2D eigenvalue weighted by molar-refractivity contribution is 0.0712. The number of hydrogen-bond donors (Lipinski definition) is 4. The summed E-state index contributed by atoms with van der Waals surface area (Å²) < 4.78 is 0. The van der Waals surface area contributed by atoms with Crippen molar-refractivity contribution in [3.63, 3.8) is 0 Å². The third-order valence-electron chi connectivity index (χ3n) is 6.33. The van der Waals surface area contributed by atoms with Gasteiger partial charge >= 0.3 is 0 Å². The number of rotatable bonds is 6. The summed E-state index contributed by atoms with van der Waals surface area (Å²) in [7, 11) is 0. The molecular formula is C24H29N9. The number of nitrogens with one attached hydrogen (secondary N) is 2. The van der Waals surface area contributed by atoms with E-state index >= 15 is 0 Å². The van der Waals surface area contributed by atoms with E-state index in [2.05, 4.69) is 69.1 Å². The highest BCUT2D eigenvalue weighted by Gasteiger charge is 2.36. The van der Waals surface area contributed by atoms with E-state index in [1.165, 1.54) is 16.7 Å². The second-order valence-electron chi connectivity index (χ2n) is 8.88. The number of nitrogens with zero attached hydrogens (tertiary/aromatic N) is 5. The molecule has 0 aliphatic carbocycles. The Balaban J connectivity index is 1.20. The van der Waals surface area contributed by atoms with Gasteiger partial charge in [-0.1, -0.05) is 12.6 Å². The Morgan fingerprint density at radius 3 is 2.55 bits per heavy atom. The van der Waals surface area contributed by atoms with Gasteiger partial charge in [-0.3, -0.25) is 10.7 Å². The summed E-state index contributed by atoms with van der Waals surface area (Å²) in [6, 6.07) is 8.69. The first-order chi connectivity index (χ1) is 15.9. The molecule has 33 heavy (non-hydrogen) atoms. The Kier molecular flexibility index (Phi) is 5.35. The topological polar surface area (TPSA) is 121 Å². The SMILES string of the molecule is C=C(c1cnc(N)c(NN)c1)N1CC(N2Cc3cnc(Nc4cc(C)cc(C)c4)nc3C2)C1. The molecule has 0 saturated carbocycles. The van der Waals surface area contributed by atoms with Crippen LogP contribution in [0.2, 0.25) is 0 Å². The van der Waals surface area contributed by atoms with Crippen LogP contribution in [0.3, 0.4) is 0 Å². The van der Waals surface area contributed by atoms with Crippen LogP contribution in [0.5, 0.6) is 0 Å². The van der Waals surface area contributed by atoms with Gasteiger partial charge in [0, 0.05) is 67.1 Å². The number of aryl methyl sites for hydroxylation is 2. The van der Waals surface area contributed by atoms with Crippen molar-refractivity contribution in [2.24, 2.45) is 5.84 Å². The van der Waals surface area contributed by atoms with Crippen LogP contribution in [-0.4, -0.2) is 43.9 Å². The molecule has 9 heteroatoms. The zero-order chi connectivity index (χ0) is 23.1. The third-order valence-corrected chi connectivity index (χ3v) is 6.33. The molecule has 5 rings (SSSR count). The molecule has 2 aromatic heterocycles. The molecule has 3 aromatic rings. The van der Waals surface area contributed by atoms with Gasteiger partial charge in [-0.15, -0.1) is 0 Å². The number of likely N-dealkylation sites (tertiary alicyclic amines) is 1. The van der Waals surface area contributed by atoms with Crippen LogP contribution < -0.4 is 22.3 Å². The first kappa shape index (κ1) is 21.2. The average Bonchev–Trinajstić information content (AvgIpc) is 3.15. The number of anilines is 4. The predicted octanol–water partition coefficient (Wildman–Crippen LogP) is 2.77. The van der Waals surface area contributed by atoms with E-state index in [0.717, 1.165) is 48.8 Å². The Bertz CT molecular complexity index is 1200. The number of hydrogen-bond acceptors (Lipinski definition) is 9. The van der Waals surface area contributed by atoms with Crippen LogP contribution in [0, 0.1) is 13.8 Å². The Morgan fingerprint density at radius 2 is 1.82 bits per heavy atom. The number of nitrogen functional groups attached to an aromatic ring is 2. The minimum atomic E-state index is 0.373. The van der Waals surface area contributed by atoms with Crippen LogP contribution in [0.25, 0.3) is 5.70 Å². The lowest BCUT2D eigenvalue weighted by atomic mass is 10.0. The first-order valence-electron chi connectivity index (χ1n) is 11.0. The second kappa shape index (κ2) is 8.34. The highest BCUT2D eigenvalue weighted by Crippen LogP contribution is 2.32. The summed E-state index contributed by atoms with van der Waals surface area (Å²) in [6.45, 7) is 11.9. The van der Waals surface area contributed by atoms with Gasteiger partial charge in [0.15, 0.2) is 0 Å². The highest BCUT2D eigenvalue weighted by atomic mass is 15.3. The van der Waals surface area contributed by atoms with E-state index < -0.39 is 0 Å². The lowest BCUT2D eigenvalue weighted by Gasteiger charge is -2.46. The third kappa shape index (κ3) is 4.20. The fourth-order valence-corrected chi connectivity index (χ4v) is 4.51. The molecule has 0 unspecified atom stereocenters. The monoisotopic (exact) mass is 443 g/mol. The fourth-order valence-electron chi connectivity index (χ4n) is 4.51. The molecular weight excluding hydrogens is 414 g/mol. The molecule has 2 aliphatic rings. The van der Waals surface area contributed by atoms with Crippen molar-refractivity contribution in [2.75, 3.05) is 29.6 Å². The number of fused-ring (bicyclic) bond motifs is 1. The van der Waals surface area contributed by atoms with Gasteiger partial charge in [-0.05, 0) is 43.2 Å². The van der Waals surface area contributed by atoms with Gasteiger partial charge in [-0.25, -0.2) is 15.0 Å². The van der Waals surface area contributed by atoms with Gasteiger partial charge in [-0.2, -0.15) is 0 Å². The van der Waals surface area contributed by atoms with Gasteiger partial charge in [0.25, 0.3) is 0 Å². The number of pyridine rings is 1. The molecule has 0 atom stereocenters. The zero-order valence-electron chi connectivity index (χ0n) is 19.0. The normalized spacial score (nSPS) is 15.8. The van der Waals surface area contributed by atoms with Crippen LogP contribution >= 0.6 is 0 Å². The van der Waals surface area contributed by atoms with Gasteiger partial charge in [0.2, 0.25) is 5.95 Å². The van der Waals surface area contributed by atoms with Crippen molar-refractivity contribution in [3.05, 3.63) is 71.2 Å². The summed E-state index contributed by atoms with van der Waals surface area (Å²) in [5.74, 6) is 6.54. The number of aromatic nitrogens is 3. The summed E-state index contributed by atoms with van der Waals surface area (Å²) in [6.07, 6.45) is 3.68. The van der Waals surface area contributed by atoms with Gasteiger partial charge < -0.3 is 21.4 Å². The van der Waals surface area contributed by atoms with Gasteiger partial charge in [0.1, 0.15) is 5.82 Å². The van der Waals surface area contributed by atoms with E-state index in [9.17, 15) is 0 Å². The van der Waals surface area contributed by atoms with E-state index in [-0.39, 0.29) is 0 Å². The van der Waals surface area contributed by atoms with Crippen molar-refractivity contribution in [1.82, 2.24) is 24.8 Å². The molecule has 9 nitrogen and oxygen atoms in total. The van der Waals surface area contributed by atoms with Crippen molar-refractivity contribution in [3.8, 4) is 0 Å². The molecule has 0 bridgehead atoms. The Hall–Kier alpha value is -3.69. The molecule has 6 N–H and O–H groups in total. The van der Waals surface area contributed by atoms with Crippen molar-refractivity contribution in [1.29, 1.82) is 0 Å². The first-order valence-corrected chi connectivity index (χ1v) is 11.0. The molecule has 0 spiro atoms. The molecule has 170 valence electrons. The predicted molar refractivity (Wildman–Crippen MR) is 131 cm³/mol. The minimum absolute atomic E-state index is 0.373. The van der Waals surface area contributed by atoms with E-state index in [1.807, 2.05) is 12.3 Å². The zero-order valence-corrected chi connectivity index (χ0v) is 19.0. The standard InChI is InChI=1S/C24H29N9/c1-14-4-15(2)6-19(5-14)29-24-28-9-18-10-33(13-22(18)30-24)20-11-32(12-20)16(3)17-7-21(31-26)23(25)27-8-17/h4-9,20,31H,3,10-13,26H2,1-2H3,(H2,25,27)(H,28,29,30). The number of nitrogens with two attached hydrogens (primary N) is 2. The van der Waals surface area contributed by atoms with Gasteiger partial charge in [0.05, 0.1) is 11.4 Å². The molecule has 1 fully saturated rings. The quantitative estimate of drug-likeness (QED) is 0.336. The smallest absolute Gasteiger partial charge is 0.227 e. The van der Waals surface area contributed by atoms with Crippen molar-refractivity contribution in [2.45, 2.75) is 33.0 Å². The van der Waals surface area contributed by atoms with Crippen LogP contribution in [-0.2, 0) is 13.1 Å². The second-order valence-corrected chi connectivity index (χ2v) is 8.88. The fraction of sp³-hybridized carbons (Fsp3) is 0.292. The largest absolute Gasteiger partial charge is 0.382 e. The summed E-state index contributed by atoms with van der Waals surface area (Å²) in [5, 5.41) is 3.35. The van der Waals surface area contributed by atoms with E-state index in [0.29, 0.717) is 23.5 Å². The van der Waals surface area contributed by atoms with E-state index in [4.69, 9.17) is 16.6 Å². The summed E-state index contributed by atoms with van der Waals surface area (Å²) >= 11 is 0. The van der Waals surface area contributed by atoms with Crippen molar-refractivity contribution >= 4 is 28.8 Å². The van der Waals surface area contributed by atoms with E-state index in [1.54, 1.807) is 6.20 Å².